The third kappa shape index (κ3) is 5.11. The lowest BCUT2D eigenvalue weighted by Gasteiger charge is -2.24. The SMILES string of the molecule is O=C(/C=C\N1CCCCC1)OCC(F)(F)S(=O)(=O)O. The summed E-state index contributed by atoms with van der Waals surface area (Å²) in [5.41, 5.74) is 0. The van der Waals surface area contributed by atoms with E-state index in [1.165, 1.54) is 6.20 Å². The molecular formula is C10H15F2NO5S. The average molecular weight is 299 g/mol. The molecular weight excluding hydrogens is 284 g/mol. The van der Waals surface area contributed by atoms with Crippen LogP contribution in [-0.2, 0) is 19.6 Å². The minimum atomic E-state index is -5.58. The third-order valence-electron chi connectivity index (χ3n) is 2.57. The lowest BCUT2D eigenvalue weighted by atomic mass is 10.1. The number of hydrogen-bond acceptors (Lipinski definition) is 5. The maximum Gasteiger partial charge on any atom is 0.402 e. The van der Waals surface area contributed by atoms with Crippen LogP contribution >= 0.6 is 0 Å². The molecule has 1 aliphatic rings. The van der Waals surface area contributed by atoms with E-state index in [9.17, 15) is 22.0 Å². The van der Waals surface area contributed by atoms with Crippen LogP contribution in [0.3, 0.4) is 0 Å². The van der Waals surface area contributed by atoms with E-state index in [0.29, 0.717) is 0 Å². The lowest BCUT2D eigenvalue weighted by molar-refractivity contribution is -0.143. The van der Waals surface area contributed by atoms with Crippen molar-refractivity contribution in [3.05, 3.63) is 12.3 Å². The van der Waals surface area contributed by atoms with Gasteiger partial charge in [-0.25, -0.2) is 4.79 Å². The van der Waals surface area contributed by atoms with Crippen LogP contribution < -0.4 is 0 Å². The van der Waals surface area contributed by atoms with Gasteiger partial charge in [-0.1, -0.05) is 0 Å². The Morgan fingerprint density at radius 1 is 1.32 bits per heavy atom. The van der Waals surface area contributed by atoms with Gasteiger partial charge in [-0.2, -0.15) is 17.2 Å². The first-order valence-electron chi connectivity index (χ1n) is 5.66. The molecule has 0 aromatic heterocycles. The summed E-state index contributed by atoms with van der Waals surface area (Å²) in [5.74, 6) is -1.09. The van der Waals surface area contributed by atoms with E-state index in [0.717, 1.165) is 38.4 Å². The summed E-state index contributed by atoms with van der Waals surface area (Å²) in [6.07, 6.45) is 5.45. The van der Waals surface area contributed by atoms with Gasteiger partial charge in [0.1, 0.15) is 0 Å². The van der Waals surface area contributed by atoms with E-state index >= 15 is 0 Å². The summed E-state index contributed by atoms with van der Waals surface area (Å²) in [7, 11) is -5.58. The van der Waals surface area contributed by atoms with Gasteiger partial charge in [0.05, 0.1) is 0 Å². The Labute approximate surface area is 109 Å². The predicted molar refractivity (Wildman–Crippen MR) is 62.0 cm³/mol. The summed E-state index contributed by atoms with van der Waals surface area (Å²) < 4.78 is 58.3. The molecule has 0 saturated carbocycles. The van der Waals surface area contributed by atoms with Crippen LogP contribution in [0.1, 0.15) is 19.3 Å². The van der Waals surface area contributed by atoms with E-state index in [1.807, 2.05) is 4.90 Å². The molecule has 0 spiro atoms. The Morgan fingerprint density at radius 2 is 1.89 bits per heavy atom. The number of rotatable bonds is 5. The first-order chi connectivity index (χ1) is 8.72. The van der Waals surface area contributed by atoms with Crippen molar-refractivity contribution in [3.63, 3.8) is 0 Å². The molecule has 1 saturated heterocycles. The maximum atomic E-state index is 12.7. The molecule has 0 amide bonds. The van der Waals surface area contributed by atoms with Gasteiger partial charge in [-0.15, -0.1) is 0 Å². The molecule has 110 valence electrons. The number of piperidine rings is 1. The molecule has 0 aromatic carbocycles. The Hall–Kier alpha value is -1.22. The van der Waals surface area contributed by atoms with Crippen LogP contribution in [0.25, 0.3) is 0 Å². The van der Waals surface area contributed by atoms with Crippen molar-refractivity contribution in [3.8, 4) is 0 Å². The molecule has 0 aromatic rings. The van der Waals surface area contributed by atoms with Crippen LogP contribution in [0.4, 0.5) is 8.78 Å². The van der Waals surface area contributed by atoms with Gasteiger partial charge >= 0.3 is 21.3 Å². The van der Waals surface area contributed by atoms with Crippen LogP contribution in [-0.4, -0.2) is 48.8 Å². The van der Waals surface area contributed by atoms with Gasteiger partial charge in [0, 0.05) is 25.4 Å². The number of nitrogens with zero attached hydrogens (tertiary/aromatic N) is 1. The normalized spacial score (nSPS) is 17.7. The number of alkyl halides is 2. The first-order valence-corrected chi connectivity index (χ1v) is 7.10. The standard InChI is InChI=1S/C10H15F2NO5S/c11-10(12,19(15,16)17)8-18-9(14)4-7-13-5-2-1-3-6-13/h4,7H,1-3,5-6,8H2,(H,15,16,17)/b7-4-. The largest absolute Gasteiger partial charge is 0.455 e. The molecule has 0 radical (unpaired) electrons. The van der Waals surface area contributed by atoms with Crippen LogP contribution in [0.2, 0.25) is 0 Å². The van der Waals surface area contributed by atoms with E-state index in [2.05, 4.69) is 4.74 Å². The second-order valence-electron chi connectivity index (χ2n) is 4.13. The second kappa shape index (κ2) is 6.29. The van der Waals surface area contributed by atoms with Crippen molar-refractivity contribution in [2.24, 2.45) is 0 Å². The predicted octanol–water partition coefficient (Wildman–Crippen LogP) is 1.01. The fraction of sp³-hybridized carbons (Fsp3) is 0.700. The van der Waals surface area contributed by atoms with Gasteiger partial charge in [0.2, 0.25) is 0 Å². The molecule has 6 nitrogen and oxygen atoms in total. The van der Waals surface area contributed by atoms with E-state index < -0.39 is 27.9 Å². The zero-order valence-corrected chi connectivity index (χ0v) is 10.9. The van der Waals surface area contributed by atoms with Gasteiger partial charge in [-0.05, 0) is 19.3 Å². The molecule has 0 unspecified atom stereocenters. The molecule has 1 aliphatic heterocycles. The average Bonchev–Trinajstić information content (AvgIpc) is 2.34. The monoisotopic (exact) mass is 299 g/mol. The third-order valence-corrected chi connectivity index (χ3v) is 3.44. The fourth-order valence-electron chi connectivity index (χ4n) is 1.51. The van der Waals surface area contributed by atoms with E-state index in [1.54, 1.807) is 0 Å². The second-order valence-corrected chi connectivity index (χ2v) is 5.68. The summed E-state index contributed by atoms with van der Waals surface area (Å²) >= 11 is 0. The summed E-state index contributed by atoms with van der Waals surface area (Å²) in [4.78, 5) is 13.0. The van der Waals surface area contributed by atoms with Crippen molar-refractivity contribution in [1.29, 1.82) is 0 Å². The van der Waals surface area contributed by atoms with E-state index in [-0.39, 0.29) is 0 Å². The molecule has 0 bridgehead atoms. The highest BCUT2D eigenvalue weighted by Gasteiger charge is 2.45. The number of hydrogen-bond donors (Lipinski definition) is 1. The zero-order chi connectivity index (χ0) is 14.5. The topological polar surface area (TPSA) is 83.9 Å². The highest BCUT2D eigenvalue weighted by atomic mass is 32.2. The number of likely N-dealkylation sites (tertiary alicyclic amines) is 1. The first kappa shape index (κ1) is 15.8. The van der Waals surface area contributed by atoms with Gasteiger partial charge < -0.3 is 9.64 Å². The molecule has 0 atom stereocenters. The molecule has 19 heavy (non-hydrogen) atoms. The minimum absolute atomic E-state index is 0.769. The van der Waals surface area contributed by atoms with Crippen molar-refractivity contribution < 1.29 is 31.3 Å². The number of carbonyl (C=O) groups is 1. The Kier molecular flexibility index (Phi) is 5.24. The Bertz CT molecular complexity index is 443. The molecule has 9 heteroatoms. The molecule has 1 fully saturated rings. The van der Waals surface area contributed by atoms with Gasteiger partial charge in [0.15, 0.2) is 6.61 Å². The van der Waals surface area contributed by atoms with Crippen LogP contribution in [0, 0.1) is 0 Å². The van der Waals surface area contributed by atoms with Crippen molar-refractivity contribution >= 4 is 16.1 Å². The Morgan fingerprint density at radius 3 is 2.42 bits per heavy atom. The number of esters is 1. The van der Waals surface area contributed by atoms with Crippen molar-refractivity contribution in [2.45, 2.75) is 24.5 Å². The summed E-state index contributed by atoms with van der Waals surface area (Å²) in [6, 6.07) is 0. The highest BCUT2D eigenvalue weighted by molar-refractivity contribution is 7.86. The van der Waals surface area contributed by atoms with Crippen molar-refractivity contribution in [2.75, 3.05) is 19.7 Å². The molecule has 0 aliphatic carbocycles. The lowest BCUT2D eigenvalue weighted by Crippen LogP contribution is -2.34. The molecule has 1 rings (SSSR count). The smallest absolute Gasteiger partial charge is 0.402 e. The number of ether oxygens (including phenoxy) is 1. The minimum Gasteiger partial charge on any atom is -0.455 e. The van der Waals surface area contributed by atoms with Crippen molar-refractivity contribution in [1.82, 2.24) is 4.90 Å². The van der Waals surface area contributed by atoms with Gasteiger partial charge in [-0.3, -0.25) is 4.55 Å². The Balaban J connectivity index is 2.41. The molecule has 1 heterocycles. The zero-order valence-electron chi connectivity index (χ0n) is 10.1. The summed E-state index contributed by atoms with van der Waals surface area (Å²) in [6.45, 7) is -0.176. The summed E-state index contributed by atoms with van der Waals surface area (Å²) in [5, 5.41) is -4.50. The van der Waals surface area contributed by atoms with Crippen LogP contribution in [0.15, 0.2) is 12.3 Å². The maximum absolute atomic E-state index is 12.7. The number of carbonyl (C=O) groups excluding carboxylic acids is 1. The van der Waals surface area contributed by atoms with Crippen LogP contribution in [0.5, 0.6) is 0 Å². The van der Waals surface area contributed by atoms with Gasteiger partial charge in [0.25, 0.3) is 0 Å². The molecule has 1 N–H and O–H groups in total. The highest BCUT2D eigenvalue weighted by Crippen LogP contribution is 2.20. The van der Waals surface area contributed by atoms with E-state index in [4.69, 9.17) is 4.55 Å². The quantitative estimate of drug-likeness (QED) is 0.463. The fourth-order valence-corrected chi connectivity index (χ4v) is 1.72. The number of halogens is 2.